The lowest BCUT2D eigenvalue weighted by atomic mass is 10.1. The number of amides is 2. The number of carbonyl (C=O) groups excluding carboxylic acids is 2. The minimum Gasteiger partial charge on any atom is -0.493 e. The number of imide groups is 1. The van der Waals surface area contributed by atoms with Gasteiger partial charge in [-0.2, -0.15) is 13.2 Å². The molecule has 1 saturated heterocycles. The summed E-state index contributed by atoms with van der Waals surface area (Å²) in [5.41, 5.74) is -1.82. The molecule has 3 aromatic carbocycles. The average Bonchev–Trinajstić information content (AvgIpc) is 3.16. The molecule has 0 radical (unpaired) electrons. The van der Waals surface area contributed by atoms with Crippen molar-refractivity contribution in [1.29, 1.82) is 0 Å². The van der Waals surface area contributed by atoms with E-state index < -0.39 is 44.2 Å². The van der Waals surface area contributed by atoms with E-state index in [0.717, 1.165) is 11.0 Å². The molecule has 206 valence electrons. The number of nitrogens with zero attached hydrogens (tertiary/aromatic N) is 3. The highest BCUT2D eigenvalue weighted by atomic mass is 32.2. The van der Waals surface area contributed by atoms with Gasteiger partial charge >= 0.3 is 11.9 Å². The van der Waals surface area contributed by atoms with Crippen molar-refractivity contribution in [2.24, 2.45) is 0 Å². The van der Waals surface area contributed by atoms with Crippen LogP contribution in [0.15, 0.2) is 65.6 Å². The van der Waals surface area contributed by atoms with Gasteiger partial charge < -0.3 is 9.47 Å². The van der Waals surface area contributed by atoms with Crippen LogP contribution in [0.25, 0.3) is 6.08 Å². The van der Waals surface area contributed by atoms with Crippen LogP contribution in [-0.2, 0) is 17.5 Å². The number of alkyl halides is 3. The molecule has 0 N–H and O–H groups in total. The fourth-order valence-electron chi connectivity index (χ4n) is 3.68. The second kappa shape index (κ2) is 11.1. The molecule has 15 heteroatoms. The first-order valence-electron chi connectivity index (χ1n) is 11.1. The maximum atomic E-state index is 13.0. The normalized spacial score (nSPS) is 14.5. The lowest BCUT2D eigenvalue weighted by Gasteiger charge is -2.13. The molecule has 0 bridgehead atoms. The van der Waals surface area contributed by atoms with Crippen LogP contribution in [0.1, 0.15) is 16.7 Å². The standard InChI is InChI=1S/C25H16F3N3O8S/c1-38-21-10-14(6-8-20(21)39-19-9-7-16(25(26,27)28)12-18(19)31(36)37)11-22-23(32)29(24(33)40-22)13-15-4-2-3-5-17(15)30(34)35/h2-12H,13H2,1H3/b22-11-. The zero-order valence-electron chi connectivity index (χ0n) is 20.2. The van der Waals surface area contributed by atoms with Crippen LogP contribution in [0.5, 0.6) is 17.2 Å². The maximum Gasteiger partial charge on any atom is 0.416 e. The number of hydrogen-bond acceptors (Lipinski definition) is 9. The summed E-state index contributed by atoms with van der Waals surface area (Å²) in [6.07, 6.45) is -3.42. The highest BCUT2D eigenvalue weighted by Gasteiger charge is 2.36. The zero-order valence-corrected chi connectivity index (χ0v) is 21.0. The fourth-order valence-corrected chi connectivity index (χ4v) is 4.52. The number of ether oxygens (including phenoxy) is 2. The molecule has 0 aliphatic carbocycles. The van der Waals surface area contributed by atoms with Gasteiger partial charge in [-0.05, 0) is 47.7 Å². The first-order valence-corrected chi connectivity index (χ1v) is 11.9. The van der Waals surface area contributed by atoms with E-state index in [1.54, 1.807) is 6.07 Å². The van der Waals surface area contributed by atoms with Crippen molar-refractivity contribution in [3.05, 3.63) is 102 Å². The van der Waals surface area contributed by atoms with Crippen molar-refractivity contribution >= 4 is 40.4 Å². The van der Waals surface area contributed by atoms with E-state index >= 15 is 0 Å². The van der Waals surface area contributed by atoms with Gasteiger partial charge in [-0.25, -0.2) is 0 Å². The van der Waals surface area contributed by atoms with Gasteiger partial charge in [-0.1, -0.05) is 24.3 Å². The van der Waals surface area contributed by atoms with Gasteiger partial charge in [0.2, 0.25) is 5.75 Å². The molecule has 1 aliphatic rings. The Labute approximate surface area is 227 Å². The highest BCUT2D eigenvalue weighted by molar-refractivity contribution is 8.18. The monoisotopic (exact) mass is 575 g/mol. The molecule has 1 fully saturated rings. The number of thioether (sulfide) groups is 1. The van der Waals surface area contributed by atoms with E-state index in [1.807, 2.05) is 0 Å². The van der Waals surface area contributed by atoms with Gasteiger partial charge in [0.05, 0.1) is 34.0 Å². The number of para-hydroxylation sites is 1. The van der Waals surface area contributed by atoms with Crippen molar-refractivity contribution in [1.82, 2.24) is 4.90 Å². The van der Waals surface area contributed by atoms with Crippen LogP contribution >= 0.6 is 11.8 Å². The Morgan fingerprint density at radius 3 is 2.25 bits per heavy atom. The molecule has 0 aromatic heterocycles. The van der Waals surface area contributed by atoms with Crippen molar-refractivity contribution in [2.75, 3.05) is 7.11 Å². The maximum absolute atomic E-state index is 13.0. The van der Waals surface area contributed by atoms with Crippen LogP contribution in [-0.4, -0.2) is 33.0 Å². The van der Waals surface area contributed by atoms with Gasteiger partial charge in [-0.3, -0.25) is 34.7 Å². The third-order valence-electron chi connectivity index (χ3n) is 5.58. The van der Waals surface area contributed by atoms with Gasteiger partial charge in [-0.15, -0.1) is 0 Å². The Bertz CT molecular complexity index is 1580. The van der Waals surface area contributed by atoms with Crippen LogP contribution in [0.2, 0.25) is 0 Å². The van der Waals surface area contributed by atoms with Gasteiger partial charge in [0.15, 0.2) is 11.5 Å². The van der Waals surface area contributed by atoms with E-state index in [2.05, 4.69) is 0 Å². The van der Waals surface area contributed by atoms with Crippen LogP contribution in [0, 0.1) is 20.2 Å². The van der Waals surface area contributed by atoms with Crippen molar-refractivity contribution in [3.8, 4) is 17.2 Å². The number of benzene rings is 3. The Hall–Kier alpha value is -4.92. The molecule has 4 rings (SSSR count). The van der Waals surface area contributed by atoms with Crippen LogP contribution < -0.4 is 9.47 Å². The lowest BCUT2D eigenvalue weighted by Crippen LogP contribution is -2.27. The second-order valence-corrected chi connectivity index (χ2v) is 9.10. The Morgan fingerprint density at radius 1 is 0.925 bits per heavy atom. The Kier molecular flexibility index (Phi) is 7.77. The van der Waals surface area contributed by atoms with E-state index in [0.29, 0.717) is 29.5 Å². The summed E-state index contributed by atoms with van der Waals surface area (Å²) >= 11 is 0.629. The van der Waals surface area contributed by atoms with Crippen molar-refractivity contribution in [3.63, 3.8) is 0 Å². The molecular weight excluding hydrogens is 559 g/mol. The minimum atomic E-state index is -4.79. The summed E-state index contributed by atoms with van der Waals surface area (Å²) in [5.74, 6) is -1.16. The minimum absolute atomic E-state index is 0.0256. The van der Waals surface area contributed by atoms with E-state index in [4.69, 9.17) is 9.47 Å². The van der Waals surface area contributed by atoms with E-state index in [-0.39, 0.29) is 34.2 Å². The number of rotatable bonds is 8. The van der Waals surface area contributed by atoms with Gasteiger partial charge in [0.1, 0.15) is 0 Å². The van der Waals surface area contributed by atoms with Crippen LogP contribution in [0.4, 0.5) is 29.3 Å². The molecule has 3 aromatic rings. The average molecular weight is 575 g/mol. The second-order valence-electron chi connectivity index (χ2n) is 8.10. The third kappa shape index (κ3) is 5.88. The summed E-state index contributed by atoms with van der Waals surface area (Å²) in [5, 5.41) is 22.0. The number of nitro benzene ring substituents is 2. The van der Waals surface area contributed by atoms with Gasteiger partial charge in [0.25, 0.3) is 16.8 Å². The zero-order chi connectivity index (χ0) is 29.2. The molecule has 0 atom stereocenters. The SMILES string of the molecule is COc1cc(/C=C2\SC(=O)N(Cc3ccccc3[N+](=O)[O-])C2=O)ccc1Oc1ccc(C(F)(F)F)cc1[N+](=O)[O-]. The molecule has 1 heterocycles. The van der Waals surface area contributed by atoms with E-state index in [1.165, 1.54) is 49.6 Å². The molecule has 0 unspecified atom stereocenters. The van der Waals surface area contributed by atoms with Crippen LogP contribution in [0.3, 0.4) is 0 Å². The van der Waals surface area contributed by atoms with E-state index in [9.17, 15) is 43.0 Å². The van der Waals surface area contributed by atoms with Crippen molar-refractivity contribution < 1.29 is 42.1 Å². The topological polar surface area (TPSA) is 142 Å². The third-order valence-corrected chi connectivity index (χ3v) is 6.49. The summed E-state index contributed by atoms with van der Waals surface area (Å²) in [6, 6.07) is 11.7. The molecular formula is C25H16F3N3O8S. The lowest BCUT2D eigenvalue weighted by molar-refractivity contribution is -0.385. The molecule has 40 heavy (non-hydrogen) atoms. The number of nitro groups is 2. The first-order chi connectivity index (χ1) is 18.9. The summed E-state index contributed by atoms with van der Waals surface area (Å²) < 4.78 is 49.7. The number of carbonyl (C=O) groups is 2. The number of methoxy groups -OCH3 is 1. The largest absolute Gasteiger partial charge is 0.493 e. The summed E-state index contributed by atoms with van der Waals surface area (Å²) in [7, 11) is 1.26. The highest BCUT2D eigenvalue weighted by Crippen LogP contribution is 2.41. The molecule has 0 spiro atoms. The smallest absolute Gasteiger partial charge is 0.416 e. The predicted octanol–water partition coefficient (Wildman–Crippen LogP) is 6.56. The van der Waals surface area contributed by atoms with Crippen molar-refractivity contribution in [2.45, 2.75) is 12.7 Å². The van der Waals surface area contributed by atoms with Gasteiger partial charge in [0, 0.05) is 17.7 Å². The molecule has 1 aliphatic heterocycles. The summed E-state index contributed by atoms with van der Waals surface area (Å²) in [4.78, 5) is 47.3. The Morgan fingerprint density at radius 2 is 1.60 bits per heavy atom. The number of halogens is 3. The molecule has 2 amide bonds. The predicted molar refractivity (Wildman–Crippen MR) is 136 cm³/mol. The summed E-state index contributed by atoms with van der Waals surface area (Å²) in [6.45, 7) is -0.304. The quantitative estimate of drug-likeness (QED) is 0.166. The fraction of sp³-hybridized carbons (Fsp3) is 0.120. The Balaban J connectivity index is 1.58. The first kappa shape index (κ1) is 28.1. The molecule has 11 nitrogen and oxygen atoms in total. The molecule has 0 saturated carbocycles. The number of hydrogen-bond donors (Lipinski definition) is 0.